The molecule has 0 saturated heterocycles. The number of nitrogens with one attached hydrogen (secondary N) is 1. The Hall–Kier alpha value is -2.16. The summed E-state index contributed by atoms with van der Waals surface area (Å²) in [6.45, 7) is 9.83. The van der Waals surface area contributed by atoms with E-state index in [2.05, 4.69) is 10.3 Å². The van der Waals surface area contributed by atoms with Crippen molar-refractivity contribution in [1.29, 1.82) is 0 Å². The Labute approximate surface area is 120 Å². The molecule has 0 aliphatic heterocycles. The van der Waals surface area contributed by atoms with Gasteiger partial charge in [-0.15, -0.1) is 0 Å². The van der Waals surface area contributed by atoms with Crippen molar-refractivity contribution in [3.8, 4) is 0 Å². The Balaban J connectivity index is 2.33. The lowest BCUT2D eigenvalue weighted by molar-refractivity contribution is 0.102. The van der Waals surface area contributed by atoms with Crippen molar-refractivity contribution in [3.05, 3.63) is 57.9 Å². The number of anilines is 1. The monoisotopic (exact) mass is 268 g/mol. The molecule has 0 spiro atoms. The first-order valence-corrected chi connectivity index (χ1v) is 6.72. The number of hydrogen-bond acceptors (Lipinski definition) is 2. The third-order valence-corrected chi connectivity index (χ3v) is 3.39. The van der Waals surface area contributed by atoms with E-state index in [1.807, 2.05) is 58.9 Å². The number of nitrogens with zero attached hydrogens (tertiary/aromatic N) is 1. The number of amides is 1. The summed E-state index contributed by atoms with van der Waals surface area (Å²) < 4.78 is 0. The molecule has 1 aromatic heterocycles. The lowest BCUT2D eigenvalue weighted by atomic mass is 10.0. The highest BCUT2D eigenvalue weighted by Crippen LogP contribution is 2.21. The second-order valence-corrected chi connectivity index (χ2v) is 5.31. The molecular formula is C17H20N2O. The van der Waals surface area contributed by atoms with Gasteiger partial charge < -0.3 is 5.32 Å². The van der Waals surface area contributed by atoms with Gasteiger partial charge in [0, 0.05) is 11.3 Å². The Bertz CT molecular complexity index is 652. The Morgan fingerprint density at radius 3 is 2.30 bits per heavy atom. The molecule has 2 rings (SSSR count). The van der Waals surface area contributed by atoms with E-state index < -0.39 is 0 Å². The summed E-state index contributed by atoms with van der Waals surface area (Å²) in [6, 6.07) is 7.81. The highest BCUT2D eigenvalue weighted by molar-refractivity contribution is 6.05. The van der Waals surface area contributed by atoms with Crippen molar-refractivity contribution in [2.24, 2.45) is 0 Å². The zero-order valence-corrected chi connectivity index (χ0v) is 12.7. The molecule has 1 amide bonds. The van der Waals surface area contributed by atoms with E-state index in [0.29, 0.717) is 5.56 Å². The summed E-state index contributed by atoms with van der Waals surface area (Å²) in [4.78, 5) is 16.8. The van der Waals surface area contributed by atoms with Gasteiger partial charge in [-0.2, -0.15) is 0 Å². The van der Waals surface area contributed by atoms with Crippen molar-refractivity contribution in [3.63, 3.8) is 0 Å². The first kappa shape index (κ1) is 14.3. The average molecular weight is 268 g/mol. The molecule has 0 unspecified atom stereocenters. The molecule has 1 N–H and O–H groups in total. The van der Waals surface area contributed by atoms with E-state index >= 15 is 0 Å². The van der Waals surface area contributed by atoms with Crippen molar-refractivity contribution in [2.75, 3.05) is 5.32 Å². The topological polar surface area (TPSA) is 42.0 Å². The minimum Gasteiger partial charge on any atom is -0.320 e. The van der Waals surface area contributed by atoms with Crippen molar-refractivity contribution >= 4 is 11.6 Å². The van der Waals surface area contributed by atoms with Crippen molar-refractivity contribution < 1.29 is 4.79 Å². The number of benzene rings is 1. The predicted octanol–water partition coefficient (Wildman–Crippen LogP) is 3.88. The fraction of sp³-hybridized carbons (Fsp3) is 0.294. The normalized spacial score (nSPS) is 10.4. The summed E-state index contributed by atoms with van der Waals surface area (Å²) in [5.74, 6) is -0.0839. The first-order chi connectivity index (χ1) is 9.38. The Morgan fingerprint density at radius 1 is 1.00 bits per heavy atom. The number of hydrogen-bond donors (Lipinski definition) is 1. The molecule has 0 radical (unpaired) electrons. The minimum atomic E-state index is -0.0839. The van der Waals surface area contributed by atoms with Gasteiger partial charge in [-0.3, -0.25) is 9.78 Å². The van der Waals surface area contributed by atoms with Crippen LogP contribution in [0.4, 0.5) is 5.69 Å². The summed E-state index contributed by atoms with van der Waals surface area (Å²) >= 11 is 0. The first-order valence-electron chi connectivity index (χ1n) is 6.72. The Morgan fingerprint density at radius 2 is 1.70 bits per heavy atom. The van der Waals surface area contributed by atoms with Crippen LogP contribution in [0.15, 0.2) is 24.3 Å². The standard InChI is InChI=1S/C17H20N2O/c1-10-6-7-15(11(2)8-10)17(20)19-16-12(3)9-13(4)18-14(16)5/h6-9H,1-5H3,(H,19,20). The molecule has 20 heavy (non-hydrogen) atoms. The molecule has 0 saturated carbocycles. The van der Waals surface area contributed by atoms with Gasteiger partial charge >= 0.3 is 0 Å². The molecule has 2 aromatic rings. The van der Waals surface area contributed by atoms with E-state index in [-0.39, 0.29) is 5.91 Å². The third kappa shape index (κ3) is 2.87. The maximum atomic E-state index is 12.4. The molecule has 104 valence electrons. The Kier molecular flexibility index (Phi) is 3.89. The van der Waals surface area contributed by atoms with Crippen molar-refractivity contribution in [2.45, 2.75) is 34.6 Å². The average Bonchev–Trinajstić information content (AvgIpc) is 2.33. The molecule has 0 fully saturated rings. The molecule has 0 aliphatic carbocycles. The lowest BCUT2D eigenvalue weighted by Crippen LogP contribution is -2.15. The second kappa shape index (κ2) is 5.45. The summed E-state index contributed by atoms with van der Waals surface area (Å²) in [7, 11) is 0. The fourth-order valence-electron chi connectivity index (χ4n) is 2.46. The van der Waals surface area contributed by atoms with Crippen molar-refractivity contribution in [1.82, 2.24) is 4.98 Å². The zero-order valence-electron chi connectivity index (χ0n) is 12.7. The predicted molar refractivity (Wildman–Crippen MR) is 82.3 cm³/mol. The number of rotatable bonds is 2. The quantitative estimate of drug-likeness (QED) is 0.898. The maximum Gasteiger partial charge on any atom is 0.255 e. The molecule has 3 heteroatoms. The van der Waals surface area contributed by atoms with E-state index in [9.17, 15) is 4.79 Å². The van der Waals surface area contributed by atoms with Crippen LogP contribution in [0.1, 0.15) is 38.4 Å². The van der Waals surface area contributed by atoms with Crippen LogP contribution in [-0.4, -0.2) is 10.9 Å². The van der Waals surface area contributed by atoms with Crippen LogP contribution in [0.2, 0.25) is 0 Å². The molecular weight excluding hydrogens is 248 g/mol. The number of carbonyl (C=O) groups excluding carboxylic acids is 1. The summed E-state index contributed by atoms with van der Waals surface area (Å²) in [5, 5.41) is 2.98. The largest absolute Gasteiger partial charge is 0.320 e. The van der Waals surface area contributed by atoms with E-state index in [1.165, 1.54) is 0 Å². The van der Waals surface area contributed by atoms with Gasteiger partial charge in [0.05, 0.1) is 11.4 Å². The lowest BCUT2D eigenvalue weighted by Gasteiger charge is -2.13. The molecule has 1 heterocycles. The van der Waals surface area contributed by atoms with Gasteiger partial charge in [0.15, 0.2) is 0 Å². The van der Waals surface area contributed by atoms with Crippen LogP contribution in [0.3, 0.4) is 0 Å². The van der Waals surface area contributed by atoms with Gasteiger partial charge in [-0.1, -0.05) is 17.7 Å². The highest BCUT2D eigenvalue weighted by Gasteiger charge is 2.13. The van der Waals surface area contributed by atoms with Gasteiger partial charge in [-0.05, 0) is 57.9 Å². The maximum absolute atomic E-state index is 12.4. The van der Waals surface area contributed by atoms with E-state index in [4.69, 9.17) is 0 Å². The third-order valence-electron chi connectivity index (χ3n) is 3.39. The molecule has 1 aromatic carbocycles. The molecule has 0 bridgehead atoms. The van der Waals surface area contributed by atoms with Crippen LogP contribution < -0.4 is 5.32 Å². The molecule has 0 aliphatic rings. The van der Waals surface area contributed by atoms with E-state index in [1.54, 1.807) is 0 Å². The van der Waals surface area contributed by atoms with Crippen LogP contribution in [0.25, 0.3) is 0 Å². The number of aryl methyl sites for hydroxylation is 5. The minimum absolute atomic E-state index is 0.0839. The van der Waals surface area contributed by atoms with Gasteiger partial charge in [-0.25, -0.2) is 0 Å². The summed E-state index contributed by atoms with van der Waals surface area (Å²) in [5.41, 5.74) is 6.50. The SMILES string of the molecule is Cc1ccc(C(=O)Nc2c(C)cc(C)nc2C)c(C)c1. The fourth-order valence-corrected chi connectivity index (χ4v) is 2.46. The van der Waals surface area contributed by atoms with Crippen LogP contribution in [-0.2, 0) is 0 Å². The van der Waals surface area contributed by atoms with Gasteiger partial charge in [0.2, 0.25) is 0 Å². The number of carbonyl (C=O) groups is 1. The van der Waals surface area contributed by atoms with Crippen LogP contribution >= 0.6 is 0 Å². The van der Waals surface area contributed by atoms with Crippen LogP contribution in [0, 0.1) is 34.6 Å². The molecule has 0 atom stereocenters. The number of pyridine rings is 1. The second-order valence-electron chi connectivity index (χ2n) is 5.31. The highest BCUT2D eigenvalue weighted by atomic mass is 16.1. The zero-order chi connectivity index (χ0) is 14.9. The van der Waals surface area contributed by atoms with E-state index in [0.717, 1.165) is 33.8 Å². The smallest absolute Gasteiger partial charge is 0.255 e. The molecule has 3 nitrogen and oxygen atoms in total. The van der Waals surface area contributed by atoms with Gasteiger partial charge in [0.1, 0.15) is 0 Å². The number of aromatic nitrogens is 1. The summed E-state index contributed by atoms with van der Waals surface area (Å²) in [6.07, 6.45) is 0. The van der Waals surface area contributed by atoms with Crippen LogP contribution in [0.5, 0.6) is 0 Å². The van der Waals surface area contributed by atoms with Gasteiger partial charge in [0.25, 0.3) is 5.91 Å².